The number of aliphatic hydroxyl groups is 1. The van der Waals surface area contributed by atoms with Crippen LogP contribution in [0.3, 0.4) is 0 Å². The quantitative estimate of drug-likeness (QED) is 0.0482. The summed E-state index contributed by atoms with van der Waals surface area (Å²) < 4.78 is 11.7. The molecule has 1 aliphatic heterocycles. The lowest BCUT2D eigenvalue weighted by molar-refractivity contribution is -0.168. The highest BCUT2D eigenvalue weighted by Gasteiger charge is 2.63. The van der Waals surface area contributed by atoms with Crippen molar-refractivity contribution in [2.75, 3.05) is 32.4 Å². The van der Waals surface area contributed by atoms with Crippen LogP contribution in [0, 0.1) is 63.6 Å². The first-order chi connectivity index (χ1) is 39.8. The van der Waals surface area contributed by atoms with Crippen LogP contribution in [0.1, 0.15) is 189 Å². The number of aliphatic hydroxyl groups excluding tert-OH is 1. The summed E-state index contributed by atoms with van der Waals surface area (Å²) in [4.78, 5) is 116. The molecule has 2 amide bonds. The third kappa shape index (κ3) is 14.3. The van der Waals surface area contributed by atoms with Crippen LogP contribution in [0.5, 0.6) is 5.75 Å². The second kappa shape index (κ2) is 27.3. The van der Waals surface area contributed by atoms with Crippen molar-refractivity contribution in [2.24, 2.45) is 68.6 Å². The fraction of sp³-hybridized carbons (Fsp3) is 0.697. The number of rotatable bonds is 27. The van der Waals surface area contributed by atoms with E-state index >= 15 is 0 Å². The number of aromatic nitrogens is 1. The minimum atomic E-state index is -0.967. The van der Waals surface area contributed by atoms with Gasteiger partial charge in [-0.2, -0.15) is 0 Å². The zero-order chi connectivity index (χ0) is 61.0. The number of carboxylic acid groups (broad SMARTS) is 1. The van der Waals surface area contributed by atoms with Gasteiger partial charge in [-0.3, -0.25) is 33.6 Å². The molecule has 460 valence electrons. The molecule has 8 rings (SSSR count). The maximum atomic E-state index is 14.0. The van der Waals surface area contributed by atoms with E-state index in [1.54, 1.807) is 59.9 Å². The number of likely N-dealkylation sites (N-methyl/N-ethyl adjacent to an activating group) is 1. The van der Waals surface area contributed by atoms with E-state index in [-0.39, 0.29) is 91.6 Å². The average Bonchev–Trinajstić information content (AvgIpc) is 1.89. The Morgan fingerprint density at radius 2 is 1.57 bits per heavy atom. The summed E-state index contributed by atoms with van der Waals surface area (Å²) in [5, 5.41) is 23.2. The molecule has 0 bridgehead atoms. The maximum absolute atomic E-state index is 14.0. The molecule has 12 atom stereocenters. The predicted octanol–water partition coefficient (Wildman–Crippen LogP) is 12.4. The first-order valence-electron chi connectivity index (χ1n) is 31.1. The average molecular weight is 1200 g/mol. The van der Waals surface area contributed by atoms with E-state index in [1.165, 1.54) is 65.0 Å². The van der Waals surface area contributed by atoms with Crippen LogP contribution in [-0.2, 0) is 38.3 Å². The minimum Gasteiger partial charge on any atom is -0.481 e. The van der Waals surface area contributed by atoms with E-state index in [0.29, 0.717) is 130 Å². The Balaban J connectivity index is 0.796. The van der Waals surface area contributed by atoms with Crippen LogP contribution in [0.15, 0.2) is 45.5 Å². The van der Waals surface area contributed by atoms with E-state index in [4.69, 9.17) is 9.47 Å². The van der Waals surface area contributed by atoms with Crippen LogP contribution in [-0.4, -0.2) is 122 Å². The molecule has 6 aliphatic rings. The summed E-state index contributed by atoms with van der Waals surface area (Å²) >= 11 is 2.79. The third-order valence-corrected chi connectivity index (χ3v) is 23.4. The van der Waals surface area contributed by atoms with Gasteiger partial charge >= 0.3 is 12.1 Å². The van der Waals surface area contributed by atoms with Crippen LogP contribution in [0.25, 0.3) is 10.2 Å². The second-order valence-electron chi connectivity index (χ2n) is 27.2. The van der Waals surface area contributed by atoms with Crippen molar-refractivity contribution in [1.82, 2.24) is 14.8 Å². The standard InChI is InChI=1S/C66H92N4O12S2/c1-38-24-26-65(8)44(31-38)33-52(74)56-49-22-21-48(66(49,9)27-25-50(56)65)39(2)18-19-46(73)32-43(62(78)79)15-12-11-13-16-45(72)17-14-28-70(30-29-69(10)55(75)35-64(6,7)57-42(5)58(76)40(3)41(4)59(57)77)63(80)82-47-20-23-51-53(34-47)84-61(67-51)60-68-54(36-83-60)81-37-71/h20,23,34,37-39,43-44,48-50,52,54,56,74H,11-19,21-22,24-33,35-36H2,1-10H3,(H,78,79)/t38-,39-,43?,44+,48-,49+,50+,52-,54?,56+,65+,66-/m1/s1. The van der Waals surface area contributed by atoms with Gasteiger partial charge in [-0.1, -0.05) is 72.6 Å². The zero-order valence-electron chi connectivity index (χ0n) is 51.4. The summed E-state index contributed by atoms with van der Waals surface area (Å²) in [5.41, 5.74) is 1.61. The molecule has 0 saturated heterocycles. The molecule has 16 nitrogen and oxygen atoms in total. The highest BCUT2D eigenvalue weighted by atomic mass is 32.2. The van der Waals surface area contributed by atoms with E-state index < -0.39 is 29.6 Å². The van der Waals surface area contributed by atoms with Gasteiger partial charge in [0.1, 0.15) is 27.4 Å². The lowest BCUT2D eigenvalue weighted by Crippen LogP contribution is -2.58. The summed E-state index contributed by atoms with van der Waals surface area (Å²) in [6.45, 7) is 18.8. The number of benzene rings is 1. The summed E-state index contributed by atoms with van der Waals surface area (Å²) in [6, 6.07) is 5.08. The van der Waals surface area contributed by atoms with Gasteiger partial charge < -0.3 is 29.5 Å². The van der Waals surface area contributed by atoms with E-state index in [9.17, 15) is 48.6 Å². The number of thioether (sulfide) groups is 1. The summed E-state index contributed by atoms with van der Waals surface area (Å²) in [6.07, 6.45) is 11.9. The fourth-order valence-corrected chi connectivity index (χ4v) is 18.2. The number of fused-ring (bicyclic) bond motifs is 6. The number of ether oxygens (including phenoxy) is 2. The molecular weight excluding hydrogens is 1100 g/mol. The number of hydrogen-bond acceptors (Lipinski definition) is 15. The molecule has 2 heterocycles. The van der Waals surface area contributed by atoms with Crippen LogP contribution >= 0.6 is 23.1 Å². The molecule has 1 aromatic carbocycles. The number of unbranched alkanes of at least 4 members (excludes halogenated alkanes) is 2. The summed E-state index contributed by atoms with van der Waals surface area (Å²) in [7, 11) is 1.62. The Hall–Kier alpha value is -5.07. The smallest absolute Gasteiger partial charge is 0.415 e. The largest absolute Gasteiger partial charge is 0.481 e. The van der Waals surface area contributed by atoms with Gasteiger partial charge in [-0.25, -0.2) is 14.8 Å². The molecule has 2 N–H and O–H groups in total. The number of hydrogen-bond donors (Lipinski definition) is 2. The normalized spacial score (nSPS) is 28.5. The van der Waals surface area contributed by atoms with Gasteiger partial charge in [0.15, 0.2) is 11.6 Å². The molecule has 4 fully saturated rings. The predicted molar refractivity (Wildman–Crippen MR) is 327 cm³/mol. The van der Waals surface area contributed by atoms with Crippen molar-refractivity contribution in [2.45, 2.75) is 197 Å². The molecule has 18 heteroatoms. The maximum Gasteiger partial charge on any atom is 0.415 e. The summed E-state index contributed by atoms with van der Waals surface area (Å²) in [5.74, 6) is 1.90. The Labute approximate surface area is 505 Å². The Morgan fingerprint density at radius 1 is 0.857 bits per heavy atom. The van der Waals surface area contributed by atoms with Crippen LogP contribution in [0.4, 0.5) is 4.79 Å². The molecule has 1 aromatic heterocycles. The minimum absolute atomic E-state index is 0.00455. The van der Waals surface area contributed by atoms with Crippen LogP contribution < -0.4 is 4.74 Å². The highest BCUT2D eigenvalue weighted by molar-refractivity contribution is 8.15. The van der Waals surface area contributed by atoms with Gasteiger partial charge in [0, 0.05) is 92.6 Å². The number of aliphatic carboxylic acids is 1. The fourth-order valence-electron chi connectivity index (χ4n) is 16.2. The van der Waals surface area contributed by atoms with Crippen molar-refractivity contribution < 1.29 is 58.0 Å². The number of nitrogens with zero attached hydrogens (tertiary/aromatic N) is 4. The number of ketones is 4. The number of aliphatic imine (C=N–C) groups is 1. The highest BCUT2D eigenvalue weighted by Crippen LogP contribution is 2.68. The lowest BCUT2D eigenvalue weighted by atomic mass is 9.43. The third-order valence-electron chi connectivity index (χ3n) is 21.2. The van der Waals surface area contributed by atoms with Gasteiger partial charge in [-0.05, 0) is 156 Å². The number of allylic oxidation sites excluding steroid dienone is 4. The zero-order valence-corrected chi connectivity index (χ0v) is 53.1. The Morgan fingerprint density at radius 3 is 2.31 bits per heavy atom. The molecule has 4 saturated carbocycles. The first-order valence-corrected chi connectivity index (χ1v) is 32.9. The van der Waals surface area contributed by atoms with Crippen molar-refractivity contribution in [3.63, 3.8) is 0 Å². The molecule has 5 aliphatic carbocycles. The number of carbonyl (C=O) groups is 8. The lowest BCUT2D eigenvalue weighted by Gasteiger charge is -2.62. The van der Waals surface area contributed by atoms with Gasteiger partial charge in [-0.15, -0.1) is 11.3 Å². The molecule has 84 heavy (non-hydrogen) atoms. The van der Waals surface area contributed by atoms with Crippen molar-refractivity contribution in [1.29, 1.82) is 0 Å². The second-order valence-corrected chi connectivity index (χ2v) is 29.2. The molecular formula is C66H92N4O12S2. The van der Waals surface area contributed by atoms with Crippen molar-refractivity contribution in [3.05, 3.63) is 45.5 Å². The van der Waals surface area contributed by atoms with Gasteiger partial charge in [0.2, 0.25) is 12.1 Å². The Bertz CT molecular complexity index is 2950. The first kappa shape index (κ1) is 64.9. The Kier molecular flexibility index (Phi) is 21.1. The van der Waals surface area contributed by atoms with Crippen molar-refractivity contribution >= 4 is 85.9 Å². The van der Waals surface area contributed by atoms with E-state index in [1.807, 2.05) is 0 Å². The van der Waals surface area contributed by atoms with E-state index in [0.717, 1.165) is 36.3 Å². The van der Waals surface area contributed by atoms with Gasteiger partial charge in [0.05, 0.1) is 28.0 Å². The molecule has 0 radical (unpaired) electrons. The van der Waals surface area contributed by atoms with Crippen LogP contribution in [0.2, 0.25) is 0 Å². The SMILES string of the molecule is CC1=C(C)C(=O)C(C(C)(C)CC(=O)N(C)CCN(CCCC(=O)CCCCCC(CC(=O)CC[C@@H](C)[C@H]2CC[C@H]3[C@@H]4[C@H](O)C[C@@H]5C[C@H](C)CC[C@]5(C)[C@H]4CC[C@]23C)C(=O)O)C(=O)Oc2ccc3nc(C4=NC(OC=O)CS4)sc3c2)=C(C)C1=O. The molecule has 0 spiro atoms. The number of Topliss-reactive ketones (excluding diaryl/α,β-unsaturated/α-hetero) is 4. The monoisotopic (exact) mass is 1200 g/mol. The topological polar surface area (TPSA) is 227 Å². The number of carboxylic acids is 1. The molecule has 2 aromatic rings. The number of carbonyl (C=O) groups excluding carboxylic acids is 7. The number of thiazole rings is 1. The van der Waals surface area contributed by atoms with E-state index in [2.05, 4.69) is 37.7 Å². The van der Waals surface area contributed by atoms with Gasteiger partial charge in [0.25, 0.3) is 6.47 Å². The molecule has 2 unspecified atom stereocenters. The number of amides is 2. The van der Waals surface area contributed by atoms with Crippen molar-refractivity contribution in [3.8, 4) is 5.75 Å².